The zero-order valence-electron chi connectivity index (χ0n) is 11.2. The van der Waals surface area contributed by atoms with Crippen molar-refractivity contribution in [3.05, 3.63) is 23.8 Å². The fourth-order valence-electron chi connectivity index (χ4n) is 1.42. The summed E-state index contributed by atoms with van der Waals surface area (Å²) in [6, 6.07) is 4.62. The van der Waals surface area contributed by atoms with Gasteiger partial charge in [0.05, 0.1) is 0 Å². The van der Waals surface area contributed by atoms with Gasteiger partial charge in [-0.1, -0.05) is 6.92 Å². The second-order valence-electron chi connectivity index (χ2n) is 4.12. The highest BCUT2D eigenvalue weighted by atomic mass is 16.5. The molecule has 104 valence electrons. The number of hydrogen-bond donors (Lipinski definition) is 3. The topological polar surface area (TPSA) is 93.5 Å². The van der Waals surface area contributed by atoms with Gasteiger partial charge >= 0.3 is 6.03 Å². The van der Waals surface area contributed by atoms with Gasteiger partial charge in [-0.3, -0.25) is 10.1 Å². The first-order chi connectivity index (χ1) is 9.02. The molecular formula is C13H19N3O3. The Morgan fingerprint density at radius 2 is 2.11 bits per heavy atom. The van der Waals surface area contributed by atoms with E-state index in [9.17, 15) is 9.59 Å². The van der Waals surface area contributed by atoms with E-state index in [4.69, 9.17) is 10.5 Å². The number of carbonyl (C=O) groups is 2. The summed E-state index contributed by atoms with van der Waals surface area (Å²) in [6.45, 7) is 4.06. The van der Waals surface area contributed by atoms with E-state index in [0.717, 1.165) is 12.0 Å². The van der Waals surface area contributed by atoms with Crippen molar-refractivity contribution in [3.8, 4) is 5.75 Å². The van der Waals surface area contributed by atoms with Gasteiger partial charge in [0, 0.05) is 12.2 Å². The molecule has 0 saturated heterocycles. The normalized spacial score (nSPS) is 9.79. The molecule has 6 heteroatoms. The Kier molecular flexibility index (Phi) is 5.66. The first-order valence-electron chi connectivity index (χ1n) is 6.09. The maximum absolute atomic E-state index is 11.4. The largest absolute Gasteiger partial charge is 0.483 e. The number of nitrogen functional groups attached to an aromatic ring is 1. The number of rotatable bonds is 5. The Bertz CT molecular complexity index is 460. The van der Waals surface area contributed by atoms with Gasteiger partial charge in [0.1, 0.15) is 5.75 Å². The van der Waals surface area contributed by atoms with Crippen LogP contribution in [0.25, 0.3) is 0 Å². The maximum atomic E-state index is 11.4. The predicted molar refractivity (Wildman–Crippen MR) is 72.9 cm³/mol. The van der Waals surface area contributed by atoms with Gasteiger partial charge in [0.2, 0.25) is 0 Å². The average Bonchev–Trinajstić information content (AvgIpc) is 2.35. The van der Waals surface area contributed by atoms with Gasteiger partial charge in [0.25, 0.3) is 5.91 Å². The van der Waals surface area contributed by atoms with Gasteiger partial charge in [-0.15, -0.1) is 0 Å². The Hall–Kier alpha value is -2.24. The Morgan fingerprint density at radius 1 is 1.37 bits per heavy atom. The third-order valence-corrected chi connectivity index (χ3v) is 2.35. The number of hydrogen-bond acceptors (Lipinski definition) is 4. The first-order valence-corrected chi connectivity index (χ1v) is 6.09. The maximum Gasteiger partial charge on any atom is 0.321 e. The summed E-state index contributed by atoms with van der Waals surface area (Å²) in [6.07, 6.45) is 0.808. The molecule has 0 aliphatic rings. The second kappa shape index (κ2) is 7.25. The zero-order valence-corrected chi connectivity index (χ0v) is 11.2. The van der Waals surface area contributed by atoms with Gasteiger partial charge in [-0.05, 0) is 37.1 Å². The van der Waals surface area contributed by atoms with Crippen LogP contribution in [-0.2, 0) is 4.79 Å². The molecule has 0 aliphatic carbocycles. The van der Waals surface area contributed by atoms with E-state index < -0.39 is 11.9 Å². The minimum absolute atomic E-state index is 0.218. The predicted octanol–water partition coefficient (Wildman–Crippen LogP) is 1.19. The number of benzene rings is 1. The van der Waals surface area contributed by atoms with E-state index in [1.165, 1.54) is 0 Å². The van der Waals surface area contributed by atoms with Gasteiger partial charge < -0.3 is 15.8 Å². The van der Waals surface area contributed by atoms with Crippen LogP contribution in [0.15, 0.2) is 18.2 Å². The van der Waals surface area contributed by atoms with Crippen LogP contribution < -0.4 is 21.1 Å². The molecule has 0 heterocycles. The quantitative estimate of drug-likeness (QED) is 0.697. The minimum Gasteiger partial charge on any atom is -0.483 e. The van der Waals surface area contributed by atoms with Crippen LogP contribution in [0.1, 0.15) is 18.9 Å². The molecule has 0 aliphatic heterocycles. The SMILES string of the molecule is CCCNC(=O)NC(=O)COc1ccc(N)cc1C. The Balaban J connectivity index is 2.39. The number of carbonyl (C=O) groups excluding carboxylic acids is 2. The lowest BCUT2D eigenvalue weighted by Gasteiger charge is -2.10. The standard InChI is InChI=1S/C13H19N3O3/c1-3-6-15-13(18)16-12(17)8-19-11-5-4-10(14)7-9(11)2/h4-5,7H,3,6,8,14H2,1-2H3,(H2,15,16,17,18). The summed E-state index contributed by atoms with van der Waals surface area (Å²) in [7, 11) is 0. The van der Waals surface area contributed by atoms with E-state index in [0.29, 0.717) is 18.0 Å². The highest BCUT2D eigenvalue weighted by Crippen LogP contribution is 2.19. The third-order valence-electron chi connectivity index (χ3n) is 2.35. The number of anilines is 1. The van der Waals surface area contributed by atoms with Crippen molar-refractivity contribution in [1.29, 1.82) is 0 Å². The van der Waals surface area contributed by atoms with Crippen molar-refractivity contribution in [1.82, 2.24) is 10.6 Å². The number of ether oxygens (including phenoxy) is 1. The monoisotopic (exact) mass is 265 g/mol. The molecule has 4 N–H and O–H groups in total. The molecule has 0 spiro atoms. The lowest BCUT2D eigenvalue weighted by atomic mass is 10.2. The molecule has 0 fully saturated rings. The smallest absolute Gasteiger partial charge is 0.321 e. The van der Waals surface area contributed by atoms with Crippen molar-refractivity contribution in [2.24, 2.45) is 0 Å². The summed E-state index contributed by atoms with van der Waals surface area (Å²) in [5, 5.41) is 4.71. The summed E-state index contributed by atoms with van der Waals surface area (Å²) in [4.78, 5) is 22.7. The molecule has 0 bridgehead atoms. The van der Waals surface area contributed by atoms with Crippen molar-refractivity contribution in [2.45, 2.75) is 20.3 Å². The molecule has 1 aromatic carbocycles. The molecule has 1 aromatic rings. The fourth-order valence-corrected chi connectivity index (χ4v) is 1.42. The van der Waals surface area contributed by atoms with Crippen LogP contribution in [-0.4, -0.2) is 25.1 Å². The number of nitrogens with one attached hydrogen (secondary N) is 2. The number of urea groups is 1. The summed E-state index contributed by atoms with van der Waals surface area (Å²) in [5.41, 5.74) is 7.08. The molecule has 19 heavy (non-hydrogen) atoms. The van der Waals surface area contributed by atoms with Crippen LogP contribution in [0.3, 0.4) is 0 Å². The minimum atomic E-state index is -0.510. The van der Waals surface area contributed by atoms with Gasteiger partial charge in [-0.2, -0.15) is 0 Å². The van der Waals surface area contributed by atoms with Crippen LogP contribution in [0.4, 0.5) is 10.5 Å². The van der Waals surface area contributed by atoms with Crippen LogP contribution in [0, 0.1) is 6.92 Å². The highest BCUT2D eigenvalue weighted by Gasteiger charge is 2.08. The highest BCUT2D eigenvalue weighted by molar-refractivity contribution is 5.94. The van der Waals surface area contributed by atoms with E-state index in [1.54, 1.807) is 18.2 Å². The van der Waals surface area contributed by atoms with E-state index >= 15 is 0 Å². The summed E-state index contributed by atoms with van der Waals surface area (Å²) < 4.78 is 5.31. The molecule has 1 rings (SSSR count). The fraction of sp³-hybridized carbons (Fsp3) is 0.385. The van der Waals surface area contributed by atoms with Crippen LogP contribution in [0.2, 0.25) is 0 Å². The van der Waals surface area contributed by atoms with Crippen molar-refractivity contribution in [2.75, 3.05) is 18.9 Å². The van der Waals surface area contributed by atoms with Crippen molar-refractivity contribution < 1.29 is 14.3 Å². The molecule has 0 saturated carbocycles. The summed E-state index contributed by atoms with van der Waals surface area (Å²) in [5.74, 6) is 0.0724. The number of amides is 3. The molecule has 0 radical (unpaired) electrons. The zero-order chi connectivity index (χ0) is 14.3. The van der Waals surface area contributed by atoms with Crippen LogP contribution in [0.5, 0.6) is 5.75 Å². The molecule has 0 unspecified atom stereocenters. The van der Waals surface area contributed by atoms with E-state index in [1.807, 2.05) is 13.8 Å². The van der Waals surface area contributed by atoms with Gasteiger partial charge in [0.15, 0.2) is 6.61 Å². The third kappa shape index (κ3) is 5.29. The molecular weight excluding hydrogens is 246 g/mol. The molecule has 0 aromatic heterocycles. The second-order valence-corrected chi connectivity index (χ2v) is 4.12. The Morgan fingerprint density at radius 3 is 2.74 bits per heavy atom. The van der Waals surface area contributed by atoms with Crippen LogP contribution >= 0.6 is 0 Å². The Labute approximate surface area is 112 Å². The molecule has 0 atom stereocenters. The van der Waals surface area contributed by atoms with E-state index in [2.05, 4.69) is 10.6 Å². The first kappa shape index (κ1) is 14.8. The van der Waals surface area contributed by atoms with Crippen molar-refractivity contribution >= 4 is 17.6 Å². The van der Waals surface area contributed by atoms with E-state index in [-0.39, 0.29) is 6.61 Å². The number of aryl methyl sites for hydroxylation is 1. The van der Waals surface area contributed by atoms with Gasteiger partial charge in [-0.25, -0.2) is 4.79 Å². The molecule has 6 nitrogen and oxygen atoms in total. The lowest BCUT2D eigenvalue weighted by Crippen LogP contribution is -2.41. The van der Waals surface area contributed by atoms with Crippen molar-refractivity contribution in [3.63, 3.8) is 0 Å². The summed E-state index contributed by atoms with van der Waals surface area (Å²) >= 11 is 0. The number of imide groups is 1. The lowest BCUT2D eigenvalue weighted by molar-refractivity contribution is -0.122. The molecule has 3 amide bonds. The number of nitrogens with two attached hydrogens (primary N) is 1. The average molecular weight is 265 g/mol.